The van der Waals surface area contributed by atoms with Crippen molar-refractivity contribution < 1.29 is 19.4 Å². The Balaban J connectivity index is 2.82. The van der Waals surface area contributed by atoms with Gasteiger partial charge < -0.3 is 20.9 Å². The number of aliphatic hydroxyl groups is 1. The van der Waals surface area contributed by atoms with Gasteiger partial charge in [-0.15, -0.1) is 4.68 Å². The third-order valence-corrected chi connectivity index (χ3v) is 2.23. The van der Waals surface area contributed by atoms with Crippen molar-refractivity contribution in [2.24, 2.45) is 5.73 Å². The van der Waals surface area contributed by atoms with Crippen molar-refractivity contribution in [3.05, 3.63) is 12.3 Å². The standard InChI is InChI=1S/C12H20N4O4/c1-7(13)9(17)10(18)15-8-5-6-14-16(8)11(19)20-12(2,3)4/h5-7,9,17H,13H2,1-4H3,(H,15,18). The van der Waals surface area contributed by atoms with Crippen LogP contribution in [0.25, 0.3) is 0 Å². The molecule has 0 spiro atoms. The molecule has 112 valence electrons. The smallest absolute Gasteiger partial charge is 0.437 e. The number of aromatic nitrogens is 2. The van der Waals surface area contributed by atoms with E-state index in [9.17, 15) is 14.7 Å². The summed E-state index contributed by atoms with van der Waals surface area (Å²) < 4.78 is 6.04. The van der Waals surface area contributed by atoms with E-state index in [1.54, 1.807) is 20.8 Å². The summed E-state index contributed by atoms with van der Waals surface area (Å²) in [5, 5.41) is 15.7. The lowest BCUT2D eigenvalue weighted by Crippen LogP contribution is -2.42. The molecule has 0 aliphatic heterocycles. The first kappa shape index (κ1) is 16.1. The molecule has 4 N–H and O–H groups in total. The third-order valence-electron chi connectivity index (χ3n) is 2.23. The maximum Gasteiger partial charge on any atom is 0.437 e. The first-order valence-electron chi connectivity index (χ1n) is 6.13. The van der Waals surface area contributed by atoms with E-state index >= 15 is 0 Å². The Morgan fingerprint density at radius 3 is 2.60 bits per heavy atom. The van der Waals surface area contributed by atoms with E-state index in [1.807, 2.05) is 0 Å². The second-order valence-electron chi connectivity index (χ2n) is 5.40. The Hall–Kier alpha value is -1.93. The highest BCUT2D eigenvalue weighted by molar-refractivity contribution is 5.95. The van der Waals surface area contributed by atoms with Gasteiger partial charge in [-0.1, -0.05) is 0 Å². The van der Waals surface area contributed by atoms with Gasteiger partial charge in [-0.25, -0.2) is 4.79 Å². The molecule has 1 amide bonds. The lowest BCUT2D eigenvalue weighted by atomic mass is 10.2. The molecule has 0 aliphatic rings. The minimum atomic E-state index is -1.38. The molecule has 8 heteroatoms. The van der Waals surface area contributed by atoms with Crippen molar-refractivity contribution in [3.63, 3.8) is 0 Å². The van der Waals surface area contributed by atoms with E-state index in [0.717, 1.165) is 4.68 Å². The van der Waals surface area contributed by atoms with Crippen molar-refractivity contribution in [1.82, 2.24) is 9.78 Å². The van der Waals surface area contributed by atoms with Crippen molar-refractivity contribution >= 4 is 17.8 Å². The highest BCUT2D eigenvalue weighted by Crippen LogP contribution is 2.13. The molecule has 0 saturated carbocycles. The fourth-order valence-electron chi connectivity index (χ4n) is 1.29. The van der Waals surface area contributed by atoms with Gasteiger partial charge in [0, 0.05) is 12.1 Å². The van der Waals surface area contributed by atoms with Gasteiger partial charge in [0.2, 0.25) is 0 Å². The summed E-state index contributed by atoms with van der Waals surface area (Å²) >= 11 is 0. The number of ether oxygens (including phenoxy) is 1. The summed E-state index contributed by atoms with van der Waals surface area (Å²) in [4.78, 5) is 23.5. The molecule has 2 atom stereocenters. The van der Waals surface area contributed by atoms with Crippen LogP contribution in [0.4, 0.5) is 10.6 Å². The number of carbonyl (C=O) groups excluding carboxylic acids is 2. The number of anilines is 1. The van der Waals surface area contributed by atoms with Gasteiger partial charge in [-0.2, -0.15) is 5.10 Å². The molecule has 0 aromatic carbocycles. The first-order valence-corrected chi connectivity index (χ1v) is 6.13. The quantitative estimate of drug-likeness (QED) is 0.735. The molecule has 1 heterocycles. The summed E-state index contributed by atoms with van der Waals surface area (Å²) in [5.41, 5.74) is 4.74. The monoisotopic (exact) mass is 284 g/mol. The van der Waals surface area contributed by atoms with Crippen LogP contribution in [0.5, 0.6) is 0 Å². The molecule has 0 fully saturated rings. The average Bonchev–Trinajstić information content (AvgIpc) is 2.73. The molecule has 0 saturated heterocycles. The van der Waals surface area contributed by atoms with Crippen molar-refractivity contribution in [3.8, 4) is 0 Å². The van der Waals surface area contributed by atoms with Crippen LogP contribution in [0.3, 0.4) is 0 Å². The first-order chi connectivity index (χ1) is 9.11. The van der Waals surface area contributed by atoms with Crippen molar-refractivity contribution in [2.75, 3.05) is 5.32 Å². The maximum atomic E-state index is 11.9. The number of nitrogens with one attached hydrogen (secondary N) is 1. The fraction of sp³-hybridized carbons (Fsp3) is 0.583. The lowest BCUT2D eigenvalue weighted by Gasteiger charge is -2.20. The van der Waals surface area contributed by atoms with Crippen molar-refractivity contribution in [2.45, 2.75) is 45.4 Å². The normalized spacial score (nSPS) is 14.5. The highest BCUT2D eigenvalue weighted by Gasteiger charge is 2.24. The second-order valence-corrected chi connectivity index (χ2v) is 5.40. The number of nitrogens with two attached hydrogens (primary N) is 1. The fourth-order valence-corrected chi connectivity index (χ4v) is 1.29. The zero-order valence-electron chi connectivity index (χ0n) is 12.0. The number of amides is 1. The zero-order valence-corrected chi connectivity index (χ0v) is 12.0. The van der Waals surface area contributed by atoms with Crippen LogP contribution in [0.15, 0.2) is 12.3 Å². The number of hydrogen-bond donors (Lipinski definition) is 3. The van der Waals surface area contributed by atoms with E-state index < -0.39 is 29.7 Å². The Morgan fingerprint density at radius 2 is 2.10 bits per heavy atom. The molecular formula is C12H20N4O4. The molecule has 1 aromatic rings. The van der Waals surface area contributed by atoms with Gasteiger partial charge in [-0.3, -0.25) is 4.79 Å². The van der Waals surface area contributed by atoms with E-state index in [4.69, 9.17) is 10.5 Å². The summed E-state index contributed by atoms with van der Waals surface area (Å²) in [7, 11) is 0. The molecule has 1 rings (SSSR count). The van der Waals surface area contributed by atoms with Crippen LogP contribution in [-0.4, -0.2) is 44.6 Å². The van der Waals surface area contributed by atoms with Crippen LogP contribution >= 0.6 is 0 Å². The van der Waals surface area contributed by atoms with Gasteiger partial charge in [0.15, 0.2) is 0 Å². The molecule has 20 heavy (non-hydrogen) atoms. The minimum absolute atomic E-state index is 0.101. The Bertz CT molecular complexity index is 490. The molecular weight excluding hydrogens is 264 g/mol. The van der Waals surface area contributed by atoms with Crippen LogP contribution in [0.1, 0.15) is 27.7 Å². The number of carbonyl (C=O) groups is 2. The molecule has 0 aliphatic carbocycles. The van der Waals surface area contributed by atoms with Gasteiger partial charge in [-0.05, 0) is 27.7 Å². The van der Waals surface area contributed by atoms with Crippen LogP contribution in [0, 0.1) is 0 Å². The van der Waals surface area contributed by atoms with Crippen LogP contribution in [0.2, 0.25) is 0 Å². The predicted octanol–water partition coefficient (Wildman–Crippen LogP) is 0.313. The molecule has 2 unspecified atom stereocenters. The maximum absolute atomic E-state index is 11.9. The summed E-state index contributed by atoms with van der Waals surface area (Å²) in [6.07, 6.45) is -0.775. The SMILES string of the molecule is CC(N)C(O)C(=O)Nc1ccnn1C(=O)OC(C)(C)C. The Labute approximate surface area is 116 Å². The molecule has 1 aromatic heterocycles. The Kier molecular flexibility index (Phi) is 4.85. The van der Waals surface area contributed by atoms with E-state index in [2.05, 4.69) is 10.4 Å². The predicted molar refractivity (Wildman–Crippen MR) is 72.1 cm³/mol. The number of aliphatic hydroxyl groups excluding tert-OH is 1. The summed E-state index contributed by atoms with van der Waals surface area (Å²) in [5.74, 6) is -0.616. The largest absolute Gasteiger partial charge is 0.442 e. The third kappa shape index (κ3) is 4.32. The van der Waals surface area contributed by atoms with E-state index in [0.29, 0.717) is 0 Å². The van der Waals surface area contributed by atoms with Crippen molar-refractivity contribution in [1.29, 1.82) is 0 Å². The summed E-state index contributed by atoms with van der Waals surface area (Å²) in [6.45, 7) is 6.64. The zero-order chi connectivity index (χ0) is 15.5. The average molecular weight is 284 g/mol. The van der Waals surface area contributed by atoms with Gasteiger partial charge >= 0.3 is 6.09 Å². The highest BCUT2D eigenvalue weighted by atomic mass is 16.6. The van der Waals surface area contributed by atoms with Gasteiger partial charge in [0.25, 0.3) is 5.91 Å². The Morgan fingerprint density at radius 1 is 1.50 bits per heavy atom. The summed E-state index contributed by atoms with van der Waals surface area (Å²) in [6, 6.07) is 0.684. The van der Waals surface area contributed by atoms with Gasteiger partial charge in [0.1, 0.15) is 17.5 Å². The van der Waals surface area contributed by atoms with Crippen LogP contribution in [-0.2, 0) is 9.53 Å². The van der Waals surface area contributed by atoms with E-state index in [1.165, 1.54) is 19.2 Å². The van der Waals surface area contributed by atoms with Crippen LogP contribution < -0.4 is 11.1 Å². The molecule has 0 bridgehead atoms. The second kappa shape index (κ2) is 6.02. The number of hydrogen-bond acceptors (Lipinski definition) is 6. The molecule has 0 radical (unpaired) electrons. The molecule has 8 nitrogen and oxygen atoms in total. The minimum Gasteiger partial charge on any atom is -0.442 e. The van der Waals surface area contributed by atoms with E-state index in [-0.39, 0.29) is 5.82 Å². The number of rotatable bonds is 3. The topological polar surface area (TPSA) is 119 Å². The van der Waals surface area contributed by atoms with Gasteiger partial charge in [0.05, 0.1) is 6.20 Å². The lowest BCUT2D eigenvalue weighted by molar-refractivity contribution is -0.124. The number of nitrogens with zero attached hydrogens (tertiary/aromatic N) is 2.